The normalized spacial score (nSPS) is 18.4. The minimum atomic E-state index is 0.332. The maximum Gasteiger partial charge on any atom is 0.0102 e. The first-order valence-corrected chi connectivity index (χ1v) is 8.27. The molecule has 0 saturated carbocycles. The van der Waals surface area contributed by atoms with E-state index >= 15 is 0 Å². The van der Waals surface area contributed by atoms with Gasteiger partial charge in [-0.25, -0.2) is 0 Å². The molecule has 2 heteroatoms. The van der Waals surface area contributed by atoms with Crippen LogP contribution in [0.2, 0.25) is 0 Å². The van der Waals surface area contributed by atoms with Crippen molar-refractivity contribution in [1.29, 1.82) is 0 Å². The molecule has 0 atom stereocenters. The van der Waals surface area contributed by atoms with Crippen molar-refractivity contribution in [2.75, 3.05) is 26.2 Å². The molecule has 1 aromatic carbocycles. The molecule has 112 valence electrons. The summed E-state index contributed by atoms with van der Waals surface area (Å²) in [4.78, 5) is 0. The summed E-state index contributed by atoms with van der Waals surface area (Å²) in [5.74, 6) is 0.824. The van der Waals surface area contributed by atoms with Gasteiger partial charge in [0.25, 0.3) is 0 Å². The number of benzene rings is 1. The van der Waals surface area contributed by atoms with Crippen LogP contribution in [0.15, 0.2) is 30.3 Å². The molecule has 20 heavy (non-hydrogen) atoms. The Hall–Kier alpha value is -0.860. The van der Waals surface area contributed by atoms with Crippen molar-refractivity contribution in [3.05, 3.63) is 35.9 Å². The summed E-state index contributed by atoms with van der Waals surface area (Å²) in [5, 5.41) is 7.27. The summed E-state index contributed by atoms with van der Waals surface area (Å²) in [6, 6.07) is 11.1. The van der Waals surface area contributed by atoms with Gasteiger partial charge in [0.2, 0.25) is 0 Å². The van der Waals surface area contributed by atoms with Crippen molar-refractivity contribution in [3.8, 4) is 0 Å². The second-order valence-electron chi connectivity index (χ2n) is 6.21. The monoisotopic (exact) mass is 274 g/mol. The van der Waals surface area contributed by atoms with Crippen molar-refractivity contribution in [3.63, 3.8) is 0 Å². The van der Waals surface area contributed by atoms with Gasteiger partial charge in [0.1, 0.15) is 0 Å². The Kier molecular flexibility index (Phi) is 6.06. The van der Waals surface area contributed by atoms with Gasteiger partial charge >= 0.3 is 0 Å². The van der Waals surface area contributed by atoms with Crippen LogP contribution in [0.3, 0.4) is 0 Å². The van der Waals surface area contributed by atoms with Crippen LogP contribution in [0.4, 0.5) is 0 Å². The summed E-state index contributed by atoms with van der Waals surface area (Å²) >= 11 is 0. The molecule has 2 rings (SSSR count). The third-order valence-electron chi connectivity index (χ3n) is 5.00. The molecule has 1 aromatic rings. The lowest BCUT2D eigenvalue weighted by Gasteiger charge is -2.39. The number of piperidine rings is 1. The third kappa shape index (κ3) is 3.83. The molecule has 1 aliphatic rings. The van der Waals surface area contributed by atoms with Gasteiger partial charge in [0.05, 0.1) is 0 Å². The Balaban J connectivity index is 2.01. The van der Waals surface area contributed by atoms with E-state index in [1.807, 2.05) is 0 Å². The molecule has 1 heterocycles. The van der Waals surface area contributed by atoms with E-state index in [9.17, 15) is 0 Å². The highest BCUT2D eigenvalue weighted by atomic mass is 14.9. The molecule has 0 unspecified atom stereocenters. The topological polar surface area (TPSA) is 24.1 Å². The van der Waals surface area contributed by atoms with Gasteiger partial charge in [-0.3, -0.25) is 0 Å². The van der Waals surface area contributed by atoms with E-state index in [1.54, 1.807) is 0 Å². The van der Waals surface area contributed by atoms with E-state index in [0.29, 0.717) is 5.41 Å². The van der Waals surface area contributed by atoms with E-state index in [0.717, 1.165) is 32.1 Å². The van der Waals surface area contributed by atoms with Crippen molar-refractivity contribution < 1.29 is 0 Å². The maximum absolute atomic E-state index is 3.77. The van der Waals surface area contributed by atoms with Crippen LogP contribution < -0.4 is 10.6 Å². The highest BCUT2D eigenvalue weighted by Crippen LogP contribution is 2.32. The smallest absolute Gasteiger partial charge is 0.0102 e. The number of hydrogen-bond acceptors (Lipinski definition) is 2. The zero-order valence-electron chi connectivity index (χ0n) is 13.1. The molecule has 0 spiro atoms. The van der Waals surface area contributed by atoms with E-state index in [-0.39, 0.29) is 0 Å². The lowest BCUT2D eigenvalue weighted by Crippen LogP contribution is -2.47. The standard InChI is InChI=1S/C18H30N2/c1-3-16(4-2)14-20-15-18(10-12-19-13-11-18)17-8-6-5-7-9-17/h5-9,16,19-20H,3-4,10-15H2,1-2H3. The summed E-state index contributed by atoms with van der Waals surface area (Å²) in [6.45, 7) is 9.16. The Morgan fingerprint density at radius 3 is 2.35 bits per heavy atom. The van der Waals surface area contributed by atoms with Gasteiger partial charge in [-0.2, -0.15) is 0 Å². The van der Waals surface area contributed by atoms with Crippen molar-refractivity contribution in [2.45, 2.75) is 44.9 Å². The molecule has 2 N–H and O–H groups in total. The first-order valence-electron chi connectivity index (χ1n) is 8.27. The minimum absolute atomic E-state index is 0.332. The minimum Gasteiger partial charge on any atom is -0.317 e. The Bertz CT molecular complexity index is 364. The Labute approximate surface area is 124 Å². The fourth-order valence-electron chi connectivity index (χ4n) is 3.36. The lowest BCUT2D eigenvalue weighted by atomic mass is 9.73. The fourth-order valence-corrected chi connectivity index (χ4v) is 3.36. The molecule has 0 radical (unpaired) electrons. The highest BCUT2D eigenvalue weighted by Gasteiger charge is 2.33. The van der Waals surface area contributed by atoms with Gasteiger partial charge in [-0.15, -0.1) is 0 Å². The molecule has 0 bridgehead atoms. The van der Waals surface area contributed by atoms with Crippen LogP contribution in [0.1, 0.15) is 45.1 Å². The van der Waals surface area contributed by atoms with Crippen LogP contribution in [-0.2, 0) is 5.41 Å². The first kappa shape index (κ1) is 15.5. The van der Waals surface area contributed by atoms with Crippen LogP contribution in [0, 0.1) is 5.92 Å². The number of hydrogen-bond donors (Lipinski definition) is 2. The average molecular weight is 274 g/mol. The predicted octanol–water partition coefficient (Wildman–Crippen LogP) is 3.33. The van der Waals surface area contributed by atoms with Gasteiger partial charge in [0, 0.05) is 12.0 Å². The number of rotatable bonds is 7. The predicted molar refractivity (Wildman–Crippen MR) is 87.2 cm³/mol. The van der Waals surface area contributed by atoms with Crippen molar-refractivity contribution >= 4 is 0 Å². The SMILES string of the molecule is CCC(CC)CNCC1(c2ccccc2)CCNCC1. The molecule has 0 aromatic heterocycles. The molecule has 1 aliphatic heterocycles. The molecule has 2 nitrogen and oxygen atoms in total. The molecular formula is C18H30N2. The van der Waals surface area contributed by atoms with Crippen LogP contribution in [0.25, 0.3) is 0 Å². The molecule has 0 amide bonds. The molecular weight excluding hydrogens is 244 g/mol. The quantitative estimate of drug-likeness (QED) is 0.797. The second-order valence-corrected chi connectivity index (χ2v) is 6.21. The van der Waals surface area contributed by atoms with Crippen LogP contribution in [-0.4, -0.2) is 26.2 Å². The summed E-state index contributed by atoms with van der Waals surface area (Å²) < 4.78 is 0. The van der Waals surface area contributed by atoms with E-state index in [4.69, 9.17) is 0 Å². The zero-order chi connectivity index (χ0) is 14.3. The van der Waals surface area contributed by atoms with E-state index in [1.165, 1.54) is 31.2 Å². The molecule has 1 fully saturated rings. The summed E-state index contributed by atoms with van der Waals surface area (Å²) in [5.41, 5.74) is 1.84. The highest BCUT2D eigenvalue weighted by molar-refractivity contribution is 5.27. The van der Waals surface area contributed by atoms with Crippen LogP contribution >= 0.6 is 0 Å². The Morgan fingerprint density at radius 2 is 1.75 bits per heavy atom. The van der Waals surface area contributed by atoms with Crippen LogP contribution in [0.5, 0.6) is 0 Å². The summed E-state index contributed by atoms with van der Waals surface area (Å²) in [7, 11) is 0. The Morgan fingerprint density at radius 1 is 1.10 bits per heavy atom. The van der Waals surface area contributed by atoms with Gasteiger partial charge in [-0.1, -0.05) is 57.0 Å². The van der Waals surface area contributed by atoms with Gasteiger partial charge in [-0.05, 0) is 44.0 Å². The molecule has 0 aliphatic carbocycles. The second kappa shape index (κ2) is 7.80. The average Bonchev–Trinajstić information content (AvgIpc) is 2.53. The van der Waals surface area contributed by atoms with E-state index < -0.39 is 0 Å². The largest absolute Gasteiger partial charge is 0.317 e. The third-order valence-corrected chi connectivity index (χ3v) is 5.00. The number of nitrogens with one attached hydrogen (secondary N) is 2. The lowest BCUT2D eigenvalue weighted by molar-refractivity contribution is 0.284. The fraction of sp³-hybridized carbons (Fsp3) is 0.667. The first-order chi connectivity index (χ1) is 9.80. The molecule has 1 saturated heterocycles. The van der Waals surface area contributed by atoms with Gasteiger partial charge in [0.15, 0.2) is 0 Å². The van der Waals surface area contributed by atoms with Gasteiger partial charge < -0.3 is 10.6 Å². The van der Waals surface area contributed by atoms with Crippen molar-refractivity contribution in [1.82, 2.24) is 10.6 Å². The van der Waals surface area contributed by atoms with Crippen molar-refractivity contribution in [2.24, 2.45) is 5.92 Å². The zero-order valence-corrected chi connectivity index (χ0v) is 13.1. The maximum atomic E-state index is 3.77. The summed E-state index contributed by atoms with van der Waals surface area (Å²) in [6.07, 6.45) is 5.05. The van der Waals surface area contributed by atoms with E-state index in [2.05, 4.69) is 54.8 Å².